The molecule has 0 saturated carbocycles. The van der Waals surface area contributed by atoms with E-state index < -0.39 is 0 Å². The van der Waals surface area contributed by atoms with Crippen LogP contribution < -0.4 is 10.6 Å². The molecule has 2 aromatic rings. The molecular formula is C15H20N4OS. The fourth-order valence-corrected chi connectivity index (χ4v) is 2.94. The number of anilines is 1. The van der Waals surface area contributed by atoms with Crippen molar-refractivity contribution >= 4 is 23.1 Å². The van der Waals surface area contributed by atoms with Crippen LogP contribution in [0.25, 0.3) is 0 Å². The second-order valence-electron chi connectivity index (χ2n) is 5.03. The third-order valence-electron chi connectivity index (χ3n) is 3.03. The van der Waals surface area contributed by atoms with Crippen molar-refractivity contribution in [1.29, 1.82) is 0 Å². The first-order chi connectivity index (χ1) is 10.1. The van der Waals surface area contributed by atoms with Crippen LogP contribution >= 0.6 is 11.3 Å². The largest absolute Gasteiger partial charge is 0.369 e. The number of hydrogen-bond donors (Lipinski definition) is 2. The molecule has 0 spiro atoms. The molecule has 1 amide bonds. The van der Waals surface area contributed by atoms with E-state index in [1.165, 1.54) is 6.20 Å². The molecule has 112 valence electrons. The third-order valence-corrected chi connectivity index (χ3v) is 3.98. The lowest BCUT2D eigenvalue weighted by molar-refractivity contribution is 0.0921. The number of hydrogen-bond acceptors (Lipinski definition) is 5. The number of amides is 1. The maximum atomic E-state index is 12.4. The normalized spacial score (nSPS) is 12.2. The molecule has 2 aromatic heterocycles. The van der Waals surface area contributed by atoms with Crippen molar-refractivity contribution in [3.63, 3.8) is 0 Å². The van der Waals surface area contributed by atoms with Gasteiger partial charge in [-0.05, 0) is 24.3 Å². The average Bonchev–Trinajstić information content (AvgIpc) is 2.98. The van der Waals surface area contributed by atoms with Gasteiger partial charge in [-0.1, -0.05) is 19.9 Å². The first kappa shape index (κ1) is 15.4. The Kier molecular flexibility index (Phi) is 5.27. The number of thiophene rings is 1. The molecule has 1 atom stereocenters. The lowest BCUT2D eigenvalue weighted by atomic mass is 10.0. The molecule has 2 heterocycles. The van der Waals surface area contributed by atoms with Crippen LogP contribution in [0.3, 0.4) is 0 Å². The van der Waals surface area contributed by atoms with Crippen LogP contribution in [-0.4, -0.2) is 22.4 Å². The molecule has 0 aliphatic carbocycles. The van der Waals surface area contributed by atoms with Crippen LogP contribution in [0.4, 0.5) is 5.82 Å². The first-order valence-corrected chi connectivity index (χ1v) is 7.90. The molecule has 0 aromatic carbocycles. The fraction of sp³-hybridized carbons (Fsp3) is 0.400. The molecule has 2 rings (SSSR count). The lowest BCUT2D eigenvalue weighted by Gasteiger charge is -2.21. The number of aromatic nitrogens is 2. The Morgan fingerprint density at radius 2 is 2.19 bits per heavy atom. The molecule has 0 fully saturated rings. The molecule has 2 N–H and O–H groups in total. The predicted octanol–water partition coefficient (Wildman–Crippen LogP) is 3.10. The maximum Gasteiger partial charge on any atom is 0.272 e. The van der Waals surface area contributed by atoms with Crippen LogP contribution in [0.15, 0.2) is 29.9 Å². The zero-order valence-electron chi connectivity index (χ0n) is 12.5. The second kappa shape index (κ2) is 7.17. The molecule has 0 aliphatic rings. The highest BCUT2D eigenvalue weighted by Crippen LogP contribution is 2.26. The van der Waals surface area contributed by atoms with Crippen molar-refractivity contribution in [2.45, 2.75) is 26.8 Å². The highest BCUT2D eigenvalue weighted by molar-refractivity contribution is 7.10. The van der Waals surface area contributed by atoms with E-state index in [-0.39, 0.29) is 11.9 Å². The van der Waals surface area contributed by atoms with Gasteiger partial charge in [0.1, 0.15) is 11.5 Å². The number of carbonyl (C=O) groups is 1. The quantitative estimate of drug-likeness (QED) is 0.860. The summed E-state index contributed by atoms with van der Waals surface area (Å²) in [6, 6.07) is 4.02. The Morgan fingerprint density at radius 3 is 2.81 bits per heavy atom. The highest BCUT2D eigenvalue weighted by atomic mass is 32.1. The minimum absolute atomic E-state index is 0.0120. The Hall–Kier alpha value is -1.95. The van der Waals surface area contributed by atoms with Crippen LogP contribution in [0.1, 0.15) is 42.2 Å². The fourth-order valence-electron chi connectivity index (χ4n) is 1.99. The summed E-state index contributed by atoms with van der Waals surface area (Å²) < 4.78 is 0. The standard InChI is InChI=1S/C15H20N4OS/c1-4-17-13-9-16-8-11(18-13)15(20)19-14(10(2)3)12-6-5-7-21-12/h5-10,14H,4H2,1-3H3,(H,17,18)(H,19,20). The van der Waals surface area contributed by atoms with Gasteiger partial charge in [-0.3, -0.25) is 9.78 Å². The van der Waals surface area contributed by atoms with Crippen molar-refractivity contribution in [2.75, 3.05) is 11.9 Å². The van der Waals surface area contributed by atoms with E-state index in [1.807, 2.05) is 24.4 Å². The summed E-state index contributed by atoms with van der Waals surface area (Å²) >= 11 is 1.64. The van der Waals surface area contributed by atoms with Gasteiger partial charge in [-0.2, -0.15) is 0 Å². The molecule has 1 unspecified atom stereocenters. The Labute approximate surface area is 128 Å². The van der Waals surface area contributed by atoms with Gasteiger partial charge in [-0.15, -0.1) is 11.3 Å². The molecule has 21 heavy (non-hydrogen) atoms. The summed E-state index contributed by atoms with van der Waals surface area (Å²) in [6.45, 7) is 6.89. The van der Waals surface area contributed by atoms with Crippen molar-refractivity contribution in [3.8, 4) is 0 Å². The van der Waals surface area contributed by atoms with E-state index in [2.05, 4.69) is 34.4 Å². The molecule has 0 radical (unpaired) electrons. The first-order valence-electron chi connectivity index (χ1n) is 7.02. The van der Waals surface area contributed by atoms with Crippen LogP contribution in [-0.2, 0) is 0 Å². The molecular weight excluding hydrogens is 284 g/mol. The van der Waals surface area contributed by atoms with Crippen LogP contribution in [0.5, 0.6) is 0 Å². The Balaban J connectivity index is 2.14. The van der Waals surface area contributed by atoms with Crippen molar-refractivity contribution in [1.82, 2.24) is 15.3 Å². The topological polar surface area (TPSA) is 66.9 Å². The third kappa shape index (κ3) is 4.01. The van der Waals surface area contributed by atoms with E-state index >= 15 is 0 Å². The summed E-state index contributed by atoms with van der Waals surface area (Å²) in [4.78, 5) is 21.9. The maximum absolute atomic E-state index is 12.4. The van der Waals surface area contributed by atoms with Crippen LogP contribution in [0.2, 0.25) is 0 Å². The zero-order valence-corrected chi connectivity index (χ0v) is 13.3. The number of nitrogens with zero attached hydrogens (tertiary/aromatic N) is 2. The van der Waals surface area contributed by atoms with Gasteiger partial charge in [0.05, 0.1) is 18.4 Å². The molecule has 0 aliphatic heterocycles. The van der Waals surface area contributed by atoms with E-state index in [0.717, 1.165) is 11.4 Å². The highest BCUT2D eigenvalue weighted by Gasteiger charge is 2.20. The van der Waals surface area contributed by atoms with Gasteiger partial charge in [0.2, 0.25) is 0 Å². The molecule has 0 bridgehead atoms. The Morgan fingerprint density at radius 1 is 1.38 bits per heavy atom. The van der Waals surface area contributed by atoms with Gasteiger partial charge in [0.15, 0.2) is 0 Å². The van der Waals surface area contributed by atoms with Gasteiger partial charge >= 0.3 is 0 Å². The summed E-state index contributed by atoms with van der Waals surface area (Å²) in [6.07, 6.45) is 3.10. The number of nitrogens with one attached hydrogen (secondary N) is 2. The molecule has 6 heteroatoms. The van der Waals surface area contributed by atoms with E-state index in [0.29, 0.717) is 17.4 Å². The molecule has 0 saturated heterocycles. The van der Waals surface area contributed by atoms with Crippen molar-refractivity contribution in [3.05, 3.63) is 40.5 Å². The second-order valence-corrected chi connectivity index (χ2v) is 6.01. The van der Waals surface area contributed by atoms with Gasteiger partial charge < -0.3 is 10.6 Å². The van der Waals surface area contributed by atoms with Gasteiger partial charge in [0, 0.05) is 11.4 Å². The van der Waals surface area contributed by atoms with Crippen molar-refractivity contribution in [2.24, 2.45) is 5.92 Å². The predicted molar refractivity (Wildman–Crippen MR) is 85.6 cm³/mol. The number of rotatable bonds is 6. The van der Waals surface area contributed by atoms with E-state index in [9.17, 15) is 4.79 Å². The smallest absolute Gasteiger partial charge is 0.272 e. The van der Waals surface area contributed by atoms with Crippen LogP contribution in [0, 0.1) is 5.92 Å². The summed E-state index contributed by atoms with van der Waals surface area (Å²) in [5.74, 6) is 0.717. The van der Waals surface area contributed by atoms with Gasteiger partial charge in [-0.25, -0.2) is 4.98 Å². The van der Waals surface area contributed by atoms with E-state index in [1.54, 1.807) is 17.5 Å². The SMILES string of the molecule is CCNc1cncc(C(=O)NC(c2cccs2)C(C)C)n1. The minimum atomic E-state index is -0.200. The Bertz CT molecular complexity index is 583. The molecule has 5 nitrogen and oxygen atoms in total. The monoisotopic (exact) mass is 304 g/mol. The summed E-state index contributed by atoms with van der Waals surface area (Å²) in [5.41, 5.74) is 0.329. The number of carbonyl (C=O) groups excluding carboxylic acids is 1. The van der Waals surface area contributed by atoms with Crippen molar-refractivity contribution < 1.29 is 4.79 Å². The average molecular weight is 304 g/mol. The minimum Gasteiger partial charge on any atom is -0.369 e. The van der Waals surface area contributed by atoms with E-state index in [4.69, 9.17) is 0 Å². The zero-order chi connectivity index (χ0) is 15.2. The summed E-state index contributed by atoms with van der Waals surface area (Å²) in [5, 5.41) is 8.12. The lowest BCUT2D eigenvalue weighted by Crippen LogP contribution is -2.32. The van der Waals surface area contributed by atoms with Gasteiger partial charge in [0.25, 0.3) is 5.91 Å². The summed E-state index contributed by atoms with van der Waals surface area (Å²) in [7, 11) is 0.